The normalized spacial score (nSPS) is 10.2. The molecule has 0 fully saturated rings. The molecule has 0 aliphatic rings. The highest BCUT2D eigenvalue weighted by Crippen LogP contribution is 2.25. The lowest BCUT2D eigenvalue weighted by Gasteiger charge is -2.09. The van der Waals surface area contributed by atoms with Crippen LogP contribution in [0.4, 0.5) is 10.1 Å². The maximum absolute atomic E-state index is 13.6. The average Bonchev–Trinajstić information content (AvgIpc) is 2.44. The molecule has 3 nitrogen and oxygen atoms in total. The summed E-state index contributed by atoms with van der Waals surface area (Å²) >= 11 is 9.15. The first-order chi connectivity index (χ1) is 9.51. The molecule has 2 aromatic rings. The maximum atomic E-state index is 13.6. The Labute approximate surface area is 128 Å². The first-order valence-corrected chi connectivity index (χ1v) is 6.78. The summed E-state index contributed by atoms with van der Waals surface area (Å²) in [7, 11) is 1.47. The Hall–Kier alpha value is -1.59. The van der Waals surface area contributed by atoms with Gasteiger partial charge in [0.05, 0.1) is 17.8 Å². The predicted octanol–water partition coefficient (Wildman–Crippen LogP) is 4.50. The number of carbonyl (C=O) groups is 1. The molecule has 0 spiro atoms. The number of nitrogens with one attached hydrogen (secondary N) is 1. The number of hydrogen-bond donors (Lipinski definition) is 1. The molecule has 6 heteroatoms. The lowest BCUT2D eigenvalue weighted by molar-refractivity contribution is 0.102. The van der Waals surface area contributed by atoms with Crippen LogP contribution in [0, 0.1) is 5.82 Å². The van der Waals surface area contributed by atoms with Crippen LogP contribution in [0.25, 0.3) is 0 Å². The van der Waals surface area contributed by atoms with Crippen LogP contribution < -0.4 is 10.1 Å². The van der Waals surface area contributed by atoms with E-state index in [1.807, 2.05) is 0 Å². The number of halogens is 3. The Kier molecular flexibility index (Phi) is 4.62. The van der Waals surface area contributed by atoms with Crippen molar-refractivity contribution >= 4 is 39.1 Å². The van der Waals surface area contributed by atoms with Crippen LogP contribution in [0.1, 0.15) is 10.4 Å². The number of anilines is 1. The fourth-order valence-corrected chi connectivity index (χ4v) is 1.99. The topological polar surface area (TPSA) is 38.3 Å². The summed E-state index contributed by atoms with van der Waals surface area (Å²) in [5, 5.41) is 2.89. The molecule has 1 amide bonds. The molecule has 0 atom stereocenters. The number of amides is 1. The third kappa shape index (κ3) is 3.29. The van der Waals surface area contributed by atoms with Gasteiger partial charge in [0.2, 0.25) is 0 Å². The van der Waals surface area contributed by atoms with E-state index in [2.05, 4.69) is 21.2 Å². The van der Waals surface area contributed by atoms with Gasteiger partial charge >= 0.3 is 0 Å². The van der Waals surface area contributed by atoms with Gasteiger partial charge in [0.15, 0.2) is 0 Å². The molecule has 20 heavy (non-hydrogen) atoms. The second kappa shape index (κ2) is 6.24. The number of carbonyl (C=O) groups excluding carboxylic acids is 1. The quantitative estimate of drug-likeness (QED) is 0.877. The molecule has 0 saturated heterocycles. The standard InChI is InChI=1S/C14H10BrClFNO2/c1-20-9-3-5-12(17)13(7-9)18-14(19)8-2-4-10(15)11(16)6-8/h2-7H,1H3,(H,18,19). The molecule has 0 bridgehead atoms. The third-order valence-electron chi connectivity index (χ3n) is 2.60. The largest absolute Gasteiger partial charge is 0.497 e. The van der Waals surface area contributed by atoms with Crippen molar-refractivity contribution in [2.45, 2.75) is 0 Å². The summed E-state index contributed by atoms with van der Waals surface area (Å²) in [6.07, 6.45) is 0. The molecule has 104 valence electrons. The second-order valence-electron chi connectivity index (χ2n) is 3.93. The average molecular weight is 359 g/mol. The Morgan fingerprint density at radius 1 is 1.30 bits per heavy atom. The molecule has 0 unspecified atom stereocenters. The van der Waals surface area contributed by atoms with Crippen LogP contribution in [0.3, 0.4) is 0 Å². The van der Waals surface area contributed by atoms with Gasteiger partial charge in [0.25, 0.3) is 5.91 Å². The fraction of sp³-hybridized carbons (Fsp3) is 0.0714. The van der Waals surface area contributed by atoms with E-state index >= 15 is 0 Å². The summed E-state index contributed by atoms with van der Waals surface area (Å²) < 4.78 is 19.3. The van der Waals surface area contributed by atoms with Crippen molar-refractivity contribution in [2.75, 3.05) is 12.4 Å². The highest BCUT2D eigenvalue weighted by atomic mass is 79.9. The molecule has 0 heterocycles. The van der Waals surface area contributed by atoms with E-state index in [0.29, 0.717) is 20.8 Å². The smallest absolute Gasteiger partial charge is 0.255 e. The first kappa shape index (κ1) is 14.8. The highest BCUT2D eigenvalue weighted by molar-refractivity contribution is 9.10. The predicted molar refractivity (Wildman–Crippen MR) is 80.1 cm³/mol. The zero-order valence-corrected chi connectivity index (χ0v) is 12.8. The van der Waals surface area contributed by atoms with E-state index < -0.39 is 11.7 Å². The molecule has 0 saturated carbocycles. The van der Waals surface area contributed by atoms with E-state index in [0.717, 1.165) is 0 Å². The third-order valence-corrected chi connectivity index (χ3v) is 3.84. The van der Waals surface area contributed by atoms with Crippen molar-refractivity contribution in [2.24, 2.45) is 0 Å². The van der Waals surface area contributed by atoms with Crippen molar-refractivity contribution in [1.82, 2.24) is 0 Å². The van der Waals surface area contributed by atoms with Gasteiger partial charge in [-0.3, -0.25) is 4.79 Å². The van der Waals surface area contributed by atoms with Gasteiger partial charge < -0.3 is 10.1 Å². The summed E-state index contributed by atoms with van der Waals surface area (Å²) in [5.74, 6) is -0.538. The van der Waals surface area contributed by atoms with Crippen LogP contribution in [0.15, 0.2) is 40.9 Å². The van der Waals surface area contributed by atoms with Crippen LogP contribution >= 0.6 is 27.5 Å². The summed E-state index contributed by atoms with van der Waals surface area (Å²) in [5.41, 5.74) is 0.383. The van der Waals surface area contributed by atoms with Gasteiger partial charge in [-0.15, -0.1) is 0 Å². The summed E-state index contributed by atoms with van der Waals surface area (Å²) in [6.45, 7) is 0. The van der Waals surface area contributed by atoms with Crippen LogP contribution in [-0.2, 0) is 0 Å². The van der Waals surface area contributed by atoms with Gasteiger partial charge in [-0.2, -0.15) is 0 Å². The lowest BCUT2D eigenvalue weighted by Crippen LogP contribution is -2.13. The minimum atomic E-state index is -0.539. The van der Waals surface area contributed by atoms with Crippen molar-refractivity contribution in [3.05, 3.63) is 57.3 Å². The van der Waals surface area contributed by atoms with Crippen molar-refractivity contribution in [1.29, 1.82) is 0 Å². The van der Waals surface area contributed by atoms with E-state index in [1.54, 1.807) is 12.1 Å². The van der Waals surface area contributed by atoms with Gasteiger partial charge in [0, 0.05) is 16.1 Å². The highest BCUT2D eigenvalue weighted by Gasteiger charge is 2.11. The molecule has 0 aromatic heterocycles. The summed E-state index contributed by atoms with van der Waals surface area (Å²) in [4.78, 5) is 12.0. The molecular formula is C14H10BrClFNO2. The molecule has 2 rings (SSSR count). The van der Waals surface area contributed by atoms with Crippen LogP contribution in [-0.4, -0.2) is 13.0 Å². The molecule has 0 aliphatic carbocycles. The molecule has 1 N–H and O–H groups in total. The van der Waals surface area contributed by atoms with Crippen molar-refractivity contribution in [3.63, 3.8) is 0 Å². The van der Waals surface area contributed by atoms with Gasteiger partial charge in [-0.05, 0) is 46.3 Å². The zero-order valence-electron chi connectivity index (χ0n) is 10.4. The van der Waals surface area contributed by atoms with E-state index in [-0.39, 0.29) is 5.69 Å². The summed E-state index contributed by atoms with van der Waals surface area (Å²) in [6, 6.07) is 8.85. The number of benzene rings is 2. The number of rotatable bonds is 3. The zero-order chi connectivity index (χ0) is 14.7. The Morgan fingerprint density at radius 2 is 2.05 bits per heavy atom. The lowest BCUT2D eigenvalue weighted by atomic mass is 10.2. The Bertz CT molecular complexity index is 664. The van der Waals surface area contributed by atoms with Gasteiger partial charge in [-0.25, -0.2) is 4.39 Å². The first-order valence-electron chi connectivity index (χ1n) is 5.61. The molecule has 0 radical (unpaired) electrons. The number of hydrogen-bond acceptors (Lipinski definition) is 2. The van der Waals surface area contributed by atoms with E-state index in [4.69, 9.17) is 16.3 Å². The maximum Gasteiger partial charge on any atom is 0.255 e. The minimum Gasteiger partial charge on any atom is -0.497 e. The molecule has 0 aliphatic heterocycles. The van der Waals surface area contributed by atoms with Crippen LogP contribution in [0.2, 0.25) is 5.02 Å². The van der Waals surface area contributed by atoms with Gasteiger partial charge in [0.1, 0.15) is 11.6 Å². The Morgan fingerprint density at radius 3 is 2.70 bits per heavy atom. The van der Waals surface area contributed by atoms with E-state index in [9.17, 15) is 9.18 Å². The fourth-order valence-electron chi connectivity index (χ4n) is 1.56. The monoisotopic (exact) mass is 357 g/mol. The minimum absolute atomic E-state index is 0.0494. The van der Waals surface area contributed by atoms with E-state index in [1.165, 1.54) is 31.4 Å². The SMILES string of the molecule is COc1ccc(F)c(NC(=O)c2ccc(Br)c(Cl)c2)c1. The van der Waals surface area contributed by atoms with Crippen molar-refractivity contribution < 1.29 is 13.9 Å². The van der Waals surface area contributed by atoms with Crippen LogP contribution in [0.5, 0.6) is 5.75 Å². The van der Waals surface area contributed by atoms with Crippen molar-refractivity contribution in [3.8, 4) is 5.75 Å². The van der Waals surface area contributed by atoms with Gasteiger partial charge in [-0.1, -0.05) is 11.6 Å². The molecule has 2 aromatic carbocycles. The number of methoxy groups -OCH3 is 1. The second-order valence-corrected chi connectivity index (χ2v) is 5.19. The molecular weight excluding hydrogens is 349 g/mol. The number of ether oxygens (including phenoxy) is 1. The Balaban J connectivity index is 2.25.